The maximum atomic E-state index is 12.4. The van der Waals surface area contributed by atoms with Crippen LogP contribution < -0.4 is 5.73 Å². The highest BCUT2D eigenvalue weighted by atomic mass is 16.5. The minimum Gasteiger partial charge on any atom is -0.363 e. The number of amides is 1. The van der Waals surface area contributed by atoms with E-state index >= 15 is 0 Å². The molecule has 2 unspecified atom stereocenters. The number of hydrogen-bond donors (Lipinski definition) is 1. The molecule has 1 aromatic rings. The third-order valence-electron chi connectivity index (χ3n) is 3.57. The second-order valence-electron chi connectivity index (χ2n) is 4.73. The van der Waals surface area contributed by atoms with E-state index in [4.69, 9.17) is 10.5 Å². The Hall–Kier alpha value is -1.39. The lowest BCUT2D eigenvalue weighted by molar-refractivity contribution is -0.145. The van der Waals surface area contributed by atoms with E-state index in [9.17, 15) is 4.79 Å². The Balaban J connectivity index is 2.22. The highest BCUT2D eigenvalue weighted by Crippen LogP contribution is 2.28. The Morgan fingerprint density at radius 2 is 2.28 bits per heavy atom. The van der Waals surface area contributed by atoms with Crippen molar-refractivity contribution >= 4 is 5.91 Å². The van der Waals surface area contributed by atoms with Gasteiger partial charge < -0.3 is 15.4 Å². The SMILES string of the molecule is CC(CN)N(C)C(=O)C1OCCc2ccccc21. The van der Waals surface area contributed by atoms with E-state index in [1.165, 1.54) is 5.56 Å². The van der Waals surface area contributed by atoms with E-state index < -0.39 is 6.10 Å². The number of fused-ring (bicyclic) bond motifs is 1. The molecule has 1 aliphatic rings. The number of rotatable bonds is 3. The fourth-order valence-corrected chi connectivity index (χ4v) is 2.16. The molecule has 0 fully saturated rings. The molecule has 0 radical (unpaired) electrons. The van der Waals surface area contributed by atoms with Crippen LogP contribution in [0.25, 0.3) is 0 Å². The maximum Gasteiger partial charge on any atom is 0.256 e. The summed E-state index contributed by atoms with van der Waals surface area (Å²) in [4.78, 5) is 14.1. The lowest BCUT2D eigenvalue weighted by Crippen LogP contribution is -2.43. The van der Waals surface area contributed by atoms with E-state index in [2.05, 4.69) is 6.07 Å². The molecule has 2 N–H and O–H groups in total. The highest BCUT2D eigenvalue weighted by molar-refractivity contribution is 5.83. The lowest BCUT2D eigenvalue weighted by Gasteiger charge is -2.31. The van der Waals surface area contributed by atoms with E-state index in [1.807, 2.05) is 25.1 Å². The lowest BCUT2D eigenvalue weighted by atomic mass is 9.96. The molecule has 2 rings (SSSR count). The van der Waals surface area contributed by atoms with E-state index in [0.29, 0.717) is 13.2 Å². The maximum absolute atomic E-state index is 12.4. The summed E-state index contributed by atoms with van der Waals surface area (Å²) in [5.41, 5.74) is 7.80. The predicted molar refractivity (Wildman–Crippen MR) is 70.1 cm³/mol. The molecule has 1 heterocycles. The molecule has 2 atom stereocenters. The van der Waals surface area contributed by atoms with Gasteiger partial charge in [-0.05, 0) is 24.5 Å². The first-order valence-electron chi connectivity index (χ1n) is 6.31. The number of carbonyl (C=O) groups excluding carboxylic acids is 1. The Kier molecular flexibility index (Phi) is 3.99. The third kappa shape index (κ3) is 2.40. The minimum absolute atomic E-state index is 0.0138. The molecule has 18 heavy (non-hydrogen) atoms. The molecule has 4 nitrogen and oxygen atoms in total. The van der Waals surface area contributed by atoms with Crippen molar-refractivity contribution in [3.63, 3.8) is 0 Å². The molecule has 0 saturated carbocycles. The van der Waals surface area contributed by atoms with Crippen molar-refractivity contribution in [3.05, 3.63) is 35.4 Å². The van der Waals surface area contributed by atoms with Crippen molar-refractivity contribution < 1.29 is 9.53 Å². The van der Waals surface area contributed by atoms with Gasteiger partial charge in [0, 0.05) is 19.6 Å². The fourth-order valence-electron chi connectivity index (χ4n) is 2.16. The number of ether oxygens (including phenoxy) is 1. The van der Waals surface area contributed by atoms with Crippen LogP contribution in [0, 0.1) is 0 Å². The van der Waals surface area contributed by atoms with Crippen LogP contribution in [0.1, 0.15) is 24.2 Å². The molecule has 98 valence electrons. The summed E-state index contributed by atoms with van der Waals surface area (Å²) in [6.07, 6.45) is 0.393. The smallest absolute Gasteiger partial charge is 0.256 e. The monoisotopic (exact) mass is 248 g/mol. The quantitative estimate of drug-likeness (QED) is 0.871. The van der Waals surface area contributed by atoms with Crippen molar-refractivity contribution in [1.29, 1.82) is 0 Å². The molecule has 0 bridgehead atoms. The van der Waals surface area contributed by atoms with Gasteiger partial charge in [0.1, 0.15) is 0 Å². The average Bonchev–Trinajstić information content (AvgIpc) is 2.44. The summed E-state index contributed by atoms with van der Waals surface area (Å²) in [5.74, 6) is -0.0138. The van der Waals surface area contributed by atoms with Gasteiger partial charge in [-0.25, -0.2) is 0 Å². The van der Waals surface area contributed by atoms with Crippen LogP contribution in [-0.2, 0) is 16.0 Å². The second kappa shape index (κ2) is 5.50. The molecule has 1 amide bonds. The first kappa shape index (κ1) is 13.1. The van der Waals surface area contributed by atoms with E-state index in [-0.39, 0.29) is 11.9 Å². The number of hydrogen-bond acceptors (Lipinski definition) is 3. The first-order valence-corrected chi connectivity index (χ1v) is 6.31. The summed E-state index contributed by atoms with van der Waals surface area (Å²) in [6.45, 7) is 2.99. The van der Waals surface area contributed by atoms with Crippen LogP contribution in [0.3, 0.4) is 0 Å². The molecule has 0 spiro atoms. The Morgan fingerprint density at radius 1 is 1.56 bits per heavy atom. The van der Waals surface area contributed by atoms with Gasteiger partial charge in [-0.15, -0.1) is 0 Å². The topological polar surface area (TPSA) is 55.6 Å². The van der Waals surface area contributed by atoms with Crippen LogP contribution in [0.2, 0.25) is 0 Å². The molecular formula is C14H20N2O2. The molecule has 0 saturated heterocycles. The molecular weight excluding hydrogens is 228 g/mol. The summed E-state index contributed by atoms with van der Waals surface area (Å²) < 4.78 is 5.65. The largest absolute Gasteiger partial charge is 0.363 e. The van der Waals surface area contributed by atoms with Gasteiger partial charge in [-0.2, -0.15) is 0 Å². The second-order valence-corrected chi connectivity index (χ2v) is 4.73. The van der Waals surface area contributed by atoms with Gasteiger partial charge in [0.15, 0.2) is 6.10 Å². The van der Waals surface area contributed by atoms with Gasteiger partial charge in [-0.3, -0.25) is 4.79 Å². The Labute approximate surface area is 108 Å². The average molecular weight is 248 g/mol. The molecule has 0 aromatic heterocycles. The van der Waals surface area contributed by atoms with Crippen LogP contribution in [-0.4, -0.2) is 37.0 Å². The van der Waals surface area contributed by atoms with Gasteiger partial charge in [0.25, 0.3) is 5.91 Å². The molecule has 1 aromatic carbocycles. The number of nitrogens with zero attached hydrogens (tertiary/aromatic N) is 1. The van der Waals surface area contributed by atoms with Crippen molar-refractivity contribution in [1.82, 2.24) is 4.90 Å². The van der Waals surface area contributed by atoms with Gasteiger partial charge in [0.2, 0.25) is 0 Å². The van der Waals surface area contributed by atoms with Crippen LogP contribution in [0.5, 0.6) is 0 Å². The number of nitrogens with two attached hydrogens (primary N) is 1. The molecule has 1 aliphatic heterocycles. The van der Waals surface area contributed by atoms with Crippen molar-refractivity contribution in [2.75, 3.05) is 20.2 Å². The zero-order valence-electron chi connectivity index (χ0n) is 10.9. The minimum atomic E-state index is -0.478. The van der Waals surface area contributed by atoms with E-state index in [1.54, 1.807) is 11.9 Å². The van der Waals surface area contributed by atoms with Crippen LogP contribution >= 0.6 is 0 Å². The van der Waals surface area contributed by atoms with Crippen molar-refractivity contribution in [2.45, 2.75) is 25.5 Å². The summed E-state index contributed by atoms with van der Waals surface area (Å²) in [7, 11) is 1.78. The zero-order valence-corrected chi connectivity index (χ0v) is 10.9. The highest BCUT2D eigenvalue weighted by Gasteiger charge is 2.30. The predicted octanol–water partition coefficient (Wildman–Crippen LogP) is 1.11. The first-order chi connectivity index (χ1) is 8.65. The third-order valence-corrected chi connectivity index (χ3v) is 3.57. The Morgan fingerprint density at radius 3 is 3.00 bits per heavy atom. The fraction of sp³-hybridized carbons (Fsp3) is 0.500. The zero-order chi connectivity index (χ0) is 13.1. The van der Waals surface area contributed by atoms with Crippen LogP contribution in [0.15, 0.2) is 24.3 Å². The number of benzene rings is 1. The summed E-state index contributed by atoms with van der Waals surface area (Å²) >= 11 is 0. The number of likely N-dealkylation sites (N-methyl/N-ethyl adjacent to an activating group) is 1. The molecule has 0 aliphatic carbocycles. The number of carbonyl (C=O) groups is 1. The van der Waals surface area contributed by atoms with Crippen LogP contribution in [0.4, 0.5) is 0 Å². The van der Waals surface area contributed by atoms with Crippen molar-refractivity contribution in [2.24, 2.45) is 5.73 Å². The summed E-state index contributed by atoms with van der Waals surface area (Å²) in [5, 5.41) is 0. The van der Waals surface area contributed by atoms with Gasteiger partial charge in [0.05, 0.1) is 6.61 Å². The standard InChI is InChI=1S/C14H20N2O2/c1-10(9-15)16(2)14(17)13-12-6-4-3-5-11(12)7-8-18-13/h3-6,10,13H,7-9,15H2,1-2H3. The van der Waals surface area contributed by atoms with Crippen molar-refractivity contribution in [3.8, 4) is 0 Å². The summed E-state index contributed by atoms with van der Waals surface area (Å²) in [6, 6.07) is 8.00. The molecule has 4 heteroatoms. The van der Waals surface area contributed by atoms with E-state index in [0.717, 1.165) is 12.0 Å². The normalized spacial score (nSPS) is 20.1. The Bertz CT molecular complexity index is 434. The van der Waals surface area contributed by atoms with Gasteiger partial charge >= 0.3 is 0 Å². The van der Waals surface area contributed by atoms with Gasteiger partial charge in [-0.1, -0.05) is 24.3 Å².